The van der Waals surface area contributed by atoms with Gasteiger partial charge in [-0.05, 0) is 30.5 Å². The molecular weight excluding hydrogens is 275 g/mol. The van der Waals surface area contributed by atoms with Crippen LogP contribution in [0, 0.1) is 5.92 Å². The topological polar surface area (TPSA) is 51.2 Å². The van der Waals surface area contributed by atoms with Gasteiger partial charge in [-0.2, -0.15) is 0 Å². The summed E-state index contributed by atoms with van der Waals surface area (Å²) in [6.07, 6.45) is 3.12. The van der Waals surface area contributed by atoms with Crippen molar-refractivity contribution in [3.8, 4) is 5.75 Å². The Balaban J connectivity index is 1.57. The number of methoxy groups -OCH3 is 1. The Hall–Kier alpha value is -2.30. The van der Waals surface area contributed by atoms with E-state index in [1.54, 1.807) is 13.3 Å². The van der Waals surface area contributed by atoms with Crippen molar-refractivity contribution < 1.29 is 9.53 Å². The van der Waals surface area contributed by atoms with E-state index in [9.17, 15) is 4.79 Å². The lowest BCUT2D eigenvalue weighted by atomic mass is 9.99. The average molecular weight is 292 g/mol. The van der Waals surface area contributed by atoms with Gasteiger partial charge in [0, 0.05) is 18.7 Å². The van der Waals surface area contributed by atoms with E-state index in [0.29, 0.717) is 35.2 Å². The normalized spacial score (nSPS) is 19.5. The Labute approximate surface area is 131 Å². The number of ether oxygens (including phenoxy) is 1. The molecule has 2 radical (unpaired) electrons. The lowest BCUT2D eigenvalue weighted by Crippen LogP contribution is -2.11. The zero-order valence-electron chi connectivity index (χ0n) is 12.5. The number of hydrogen-bond donors (Lipinski definition) is 1. The molecule has 2 unspecified atom stereocenters. The van der Waals surface area contributed by atoms with Crippen molar-refractivity contribution in [2.75, 3.05) is 12.4 Å². The van der Waals surface area contributed by atoms with E-state index in [4.69, 9.17) is 12.6 Å². The maximum absolute atomic E-state index is 12.4. The van der Waals surface area contributed by atoms with Crippen molar-refractivity contribution in [2.24, 2.45) is 5.92 Å². The first-order valence-electron chi connectivity index (χ1n) is 7.31. The van der Waals surface area contributed by atoms with E-state index in [1.165, 1.54) is 0 Å². The standard InChI is InChI=1S/C17H17BN2O2/c1-22-16-5-3-2-4-13(16)15(21)9-11-8-14(11)20-17-7-6-12(18)10-19-17/h2-7,10-11,14H,8-9H2,1H3,(H,19,20). The predicted octanol–water partition coefficient (Wildman–Crippen LogP) is 1.96. The summed E-state index contributed by atoms with van der Waals surface area (Å²) in [5.41, 5.74) is 1.30. The number of anilines is 1. The van der Waals surface area contributed by atoms with Gasteiger partial charge in [0.15, 0.2) is 5.78 Å². The van der Waals surface area contributed by atoms with Gasteiger partial charge in [0.2, 0.25) is 0 Å². The number of pyridine rings is 1. The van der Waals surface area contributed by atoms with Crippen molar-refractivity contribution >= 4 is 24.9 Å². The van der Waals surface area contributed by atoms with Crippen LogP contribution in [-0.4, -0.2) is 31.8 Å². The smallest absolute Gasteiger partial charge is 0.166 e. The number of benzene rings is 1. The van der Waals surface area contributed by atoms with Crippen LogP contribution >= 0.6 is 0 Å². The van der Waals surface area contributed by atoms with E-state index in [-0.39, 0.29) is 5.78 Å². The Kier molecular flexibility index (Phi) is 4.14. The van der Waals surface area contributed by atoms with Gasteiger partial charge in [0.05, 0.1) is 12.7 Å². The molecule has 1 aliphatic rings. The molecule has 0 spiro atoms. The Bertz CT molecular complexity index is 673. The van der Waals surface area contributed by atoms with Crippen molar-refractivity contribution in [3.05, 3.63) is 48.2 Å². The number of para-hydroxylation sites is 1. The molecule has 1 aromatic heterocycles. The van der Waals surface area contributed by atoms with E-state index >= 15 is 0 Å². The van der Waals surface area contributed by atoms with Crippen LogP contribution in [0.5, 0.6) is 5.75 Å². The lowest BCUT2D eigenvalue weighted by Gasteiger charge is -2.08. The molecule has 5 heteroatoms. The molecule has 0 aliphatic heterocycles. The molecule has 2 aromatic rings. The summed E-state index contributed by atoms with van der Waals surface area (Å²) in [6, 6.07) is 11.3. The van der Waals surface area contributed by atoms with E-state index in [0.717, 1.165) is 12.2 Å². The van der Waals surface area contributed by atoms with Crippen LogP contribution in [-0.2, 0) is 0 Å². The molecule has 4 nitrogen and oxygen atoms in total. The van der Waals surface area contributed by atoms with Gasteiger partial charge in [-0.3, -0.25) is 4.79 Å². The molecule has 0 amide bonds. The van der Waals surface area contributed by atoms with Gasteiger partial charge in [-0.1, -0.05) is 23.7 Å². The van der Waals surface area contributed by atoms with Crippen molar-refractivity contribution in [1.29, 1.82) is 0 Å². The largest absolute Gasteiger partial charge is 0.496 e. The fourth-order valence-electron chi connectivity index (χ4n) is 2.55. The highest BCUT2D eigenvalue weighted by atomic mass is 16.5. The summed E-state index contributed by atoms with van der Waals surface area (Å²) < 4.78 is 5.24. The zero-order chi connectivity index (χ0) is 15.5. The molecule has 22 heavy (non-hydrogen) atoms. The first-order valence-corrected chi connectivity index (χ1v) is 7.31. The van der Waals surface area contributed by atoms with E-state index < -0.39 is 0 Å². The van der Waals surface area contributed by atoms with Gasteiger partial charge in [0.25, 0.3) is 0 Å². The molecule has 0 bridgehead atoms. The van der Waals surface area contributed by atoms with Crippen molar-refractivity contribution in [1.82, 2.24) is 4.98 Å². The molecule has 3 rings (SSSR count). The zero-order valence-corrected chi connectivity index (χ0v) is 12.5. The number of nitrogens with one attached hydrogen (secondary N) is 1. The van der Waals surface area contributed by atoms with E-state index in [1.807, 2.05) is 36.4 Å². The van der Waals surface area contributed by atoms with Gasteiger partial charge in [-0.15, -0.1) is 0 Å². The second-order valence-electron chi connectivity index (χ2n) is 5.55. The highest BCUT2D eigenvalue weighted by Crippen LogP contribution is 2.37. The number of Topliss-reactive ketones (excluding diaryl/α,β-unsaturated/α-hetero) is 1. The Morgan fingerprint density at radius 3 is 2.91 bits per heavy atom. The molecule has 1 N–H and O–H groups in total. The van der Waals surface area contributed by atoms with Crippen molar-refractivity contribution in [3.63, 3.8) is 0 Å². The number of carbonyl (C=O) groups excluding carboxylic acids is 1. The molecule has 1 heterocycles. The minimum absolute atomic E-state index is 0.122. The summed E-state index contributed by atoms with van der Waals surface area (Å²) in [5.74, 6) is 1.90. The predicted molar refractivity (Wildman–Crippen MR) is 87.1 cm³/mol. The van der Waals surface area contributed by atoms with Crippen LogP contribution in [0.2, 0.25) is 0 Å². The van der Waals surface area contributed by atoms with Crippen LogP contribution < -0.4 is 15.5 Å². The highest BCUT2D eigenvalue weighted by molar-refractivity contribution is 6.32. The number of aromatic nitrogens is 1. The molecule has 2 atom stereocenters. The fourth-order valence-corrected chi connectivity index (χ4v) is 2.55. The summed E-state index contributed by atoms with van der Waals surface area (Å²) in [7, 11) is 7.19. The molecule has 1 aromatic carbocycles. The van der Waals surface area contributed by atoms with Crippen LogP contribution in [0.4, 0.5) is 5.82 Å². The van der Waals surface area contributed by atoms with Crippen LogP contribution in [0.1, 0.15) is 23.2 Å². The SMILES string of the molecule is [B]c1ccc(NC2CC2CC(=O)c2ccccc2OC)nc1. The third-order valence-electron chi connectivity index (χ3n) is 3.90. The fraction of sp³-hybridized carbons (Fsp3) is 0.294. The van der Waals surface area contributed by atoms with Gasteiger partial charge >= 0.3 is 0 Å². The van der Waals surface area contributed by atoms with Gasteiger partial charge in [0.1, 0.15) is 19.4 Å². The second-order valence-corrected chi connectivity index (χ2v) is 5.55. The number of carbonyl (C=O) groups is 1. The third-order valence-corrected chi connectivity index (χ3v) is 3.90. The second kappa shape index (κ2) is 6.22. The maximum atomic E-state index is 12.4. The van der Waals surface area contributed by atoms with Crippen LogP contribution in [0.25, 0.3) is 0 Å². The number of hydrogen-bond acceptors (Lipinski definition) is 4. The first kappa shape index (κ1) is 14.6. The number of ketones is 1. The summed E-state index contributed by atoms with van der Waals surface area (Å²) in [4.78, 5) is 16.6. The van der Waals surface area contributed by atoms with Crippen LogP contribution in [0.3, 0.4) is 0 Å². The monoisotopic (exact) mass is 292 g/mol. The molecule has 1 saturated carbocycles. The highest BCUT2D eigenvalue weighted by Gasteiger charge is 2.39. The Morgan fingerprint density at radius 2 is 2.18 bits per heavy atom. The molecule has 0 saturated heterocycles. The van der Waals surface area contributed by atoms with Gasteiger partial charge in [-0.25, -0.2) is 4.98 Å². The quantitative estimate of drug-likeness (QED) is 0.653. The van der Waals surface area contributed by atoms with E-state index in [2.05, 4.69) is 10.3 Å². The molecule has 1 fully saturated rings. The third kappa shape index (κ3) is 3.30. The summed E-state index contributed by atoms with van der Waals surface area (Å²) in [5, 5.41) is 3.33. The minimum atomic E-state index is 0.122. The van der Waals surface area contributed by atoms with Gasteiger partial charge < -0.3 is 10.1 Å². The Morgan fingerprint density at radius 1 is 1.36 bits per heavy atom. The molecular formula is C17H17BN2O2. The minimum Gasteiger partial charge on any atom is -0.496 e. The summed E-state index contributed by atoms with van der Waals surface area (Å²) >= 11 is 0. The molecule has 110 valence electrons. The molecule has 1 aliphatic carbocycles. The average Bonchev–Trinajstić information content (AvgIpc) is 3.27. The van der Waals surface area contributed by atoms with Crippen LogP contribution in [0.15, 0.2) is 42.6 Å². The lowest BCUT2D eigenvalue weighted by molar-refractivity contribution is 0.0972. The maximum Gasteiger partial charge on any atom is 0.166 e. The first-order chi connectivity index (χ1) is 10.7. The van der Waals surface area contributed by atoms with Crippen molar-refractivity contribution in [2.45, 2.75) is 18.9 Å². The number of rotatable bonds is 6. The number of nitrogens with zero attached hydrogens (tertiary/aromatic N) is 1. The summed E-state index contributed by atoms with van der Waals surface area (Å²) in [6.45, 7) is 0.